The van der Waals surface area contributed by atoms with Gasteiger partial charge in [-0.1, -0.05) is 6.58 Å². The molecule has 0 N–H and O–H groups in total. The molecular formula is C6H6FNO. The first-order chi connectivity index (χ1) is 4.24. The Morgan fingerprint density at radius 3 is 2.67 bits per heavy atom. The second-order valence-corrected chi connectivity index (χ2v) is 1.65. The van der Waals surface area contributed by atoms with Crippen molar-refractivity contribution >= 4 is 12.9 Å². The summed E-state index contributed by atoms with van der Waals surface area (Å²) in [4.78, 5) is 3.67. The minimum atomic E-state index is 0.174. The minimum absolute atomic E-state index is 0.174. The number of aromatic nitrogens is 1. The lowest BCUT2D eigenvalue weighted by atomic mass is 10.6. The summed E-state index contributed by atoms with van der Waals surface area (Å²) >= 11 is 0. The number of oxazole rings is 1. The number of rotatable bonds is 0. The normalized spacial score (nSPS) is 12.4. The van der Waals surface area contributed by atoms with Crippen LogP contribution in [-0.4, -0.2) is 4.98 Å². The molecule has 0 atom stereocenters. The molecule has 0 aromatic carbocycles. The molecule has 2 nitrogen and oxygen atoms in total. The summed E-state index contributed by atoms with van der Waals surface area (Å²) in [5, 5.41) is 0.174. The molecule has 0 aliphatic heterocycles. The van der Waals surface area contributed by atoms with E-state index in [1.54, 1.807) is 6.92 Å². The zero-order valence-electron chi connectivity index (χ0n) is 5.02. The first-order valence-corrected chi connectivity index (χ1v) is 2.47. The molecule has 0 fully saturated rings. The van der Waals surface area contributed by atoms with Crippen molar-refractivity contribution in [3.63, 3.8) is 0 Å². The van der Waals surface area contributed by atoms with Crippen LogP contribution >= 0.6 is 0 Å². The maximum atomic E-state index is 11.7. The molecule has 0 aliphatic rings. The van der Waals surface area contributed by atoms with Gasteiger partial charge in [-0.2, -0.15) is 0 Å². The van der Waals surface area contributed by atoms with E-state index < -0.39 is 0 Å². The highest BCUT2D eigenvalue weighted by Crippen LogP contribution is 1.77. The van der Waals surface area contributed by atoms with Crippen LogP contribution in [0.3, 0.4) is 0 Å². The van der Waals surface area contributed by atoms with Crippen LogP contribution in [0.15, 0.2) is 4.42 Å². The van der Waals surface area contributed by atoms with E-state index in [9.17, 15) is 4.39 Å². The summed E-state index contributed by atoms with van der Waals surface area (Å²) in [5.41, 5.74) is 0.273. The van der Waals surface area contributed by atoms with E-state index in [2.05, 4.69) is 11.6 Å². The van der Waals surface area contributed by atoms with Gasteiger partial charge in [0.25, 0.3) is 0 Å². The Kier molecular flexibility index (Phi) is 1.34. The Hall–Kier alpha value is -1.12. The van der Waals surface area contributed by atoms with Crippen LogP contribution in [0.1, 0.15) is 5.89 Å². The lowest BCUT2D eigenvalue weighted by Crippen LogP contribution is -2.18. The zero-order valence-corrected chi connectivity index (χ0v) is 5.02. The Labute approximate surface area is 51.3 Å². The van der Waals surface area contributed by atoms with E-state index >= 15 is 0 Å². The second kappa shape index (κ2) is 2.01. The molecule has 0 aliphatic carbocycles. The maximum Gasteiger partial charge on any atom is 0.192 e. The van der Waals surface area contributed by atoms with Gasteiger partial charge in [0.15, 0.2) is 5.89 Å². The maximum absolute atomic E-state index is 11.7. The number of aryl methyl sites for hydroxylation is 1. The van der Waals surface area contributed by atoms with Crippen molar-refractivity contribution in [2.45, 2.75) is 6.92 Å². The molecule has 3 heteroatoms. The summed E-state index contributed by atoms with van der Waals surface area (Å²) in [6.07, 6.45) is 0.374. The number of hydrogen-bond acceptors (Lipinski definition) is 2. The van der Waals surface area contributed by atoms with Gasteiger partial charge in [0.1, 0.15) is 17.1 Å². The fourth-order valence-electron chi connectivity index (χ4n) is 0.571. The van der Waals surface area contributed by atoms with Crippen LogP contribution in [0.2, 0.25) is 0 Å². The highest BCUT2D eigenvalue weighted by Gasteiger charge is 1.90. The first-order valence-electron chi connectivity index (χ1n) is 2.47. The fraction of sp³-hybridized carbons (Fsp3) is 0.167. The van der Waals surface area contributed by atoms with Crippen LogP contribution in [0, 0.1) is 6.92 Å². The summed E-state index contributed by atoms with van der Waals surface area (Å²) in [6, 6.07) is 0. The van der Waals surface area contributed by atoms with Gasteiger partial charge in [-0.3, -0.25) is 0 Å². The average molecular weight is 127 g/mol. The van der Waals surface area contributed by atoms with E-state index in [1.165, 1.54) is 0 Å². The predicted molar refractivity (Wildman–Crippen MR) is 31.6 cm³/mol. The van der Waals surface area contributed by atoms with Gasteiger partial charge < -0.3 is 4.42 Å². The molecule has 0 amide bonds. The molecule has 1 aromatic heterocycles. The van der Waals surface area contributed by atoms with Gasteiger partial charge in [0, 0.05) is 6.92 Å². The lowest BCUT2D eigenvalue weighted by Gasteiger charge is -1.68. The van der Waals surface area contributed by atoms with E-state index in [1.807, 2.05) is 0 Å². The second-order valence-electron chi connectivity index (χ2n) is 1.65. The monoisotopic (exact) mass is 127 g/mol. The third-order valence-corrected chi connectivity index (χ3v) is 0.938. The predicted octanol–water partition coefficient (Wildman–Crippen LogP) is 0.101. The Morgan fingerprint density at radius 1 is 1.78 bits per heavy atom. The standard InChI is InChI=1S/C6H6FNO/c1-4-6(3-7)8-5(2)9-4/h3H,1H2,2H3/b6-3-. The van der Waals surface area contributed by atoms with Crippen LogP contribution < -0.4 is 10.8 Å². The van der Waals surface area contributed by atoms with E-state index in [0.29, 0.717) is 12.2 Å². The van der Waals surface area contributed by atoms with Gasteiger partial charge >= 0.3 is 0 Å². The largest absolute Gasteiger partial charge is 0.442 e. The highest BCUT2D eigenvalue weighted by atomic mass is 19.1. The number of halogens is 1. The molecule has 0 bridgehead atoms. The van der Waals surface area contributed by atoms with Gasteiger partial charge in [-0.05, 0) is 0 Å². The van der Waals surface area contributed by atoms with Crippen LogP contribution in [0.5, 0.6) is 0 Å². The van der Waals surface area contributed by atoms with Crippen LogP contribution in [-0.2, 0) is 0 Å². The van der Waals surface area contributed by atoms with Crippen molar-refractivity contribution < 1.29 is 8.81 Å². The molecule has 0 saturated carbocycles. The van der Waals surface area contributed by atoms with Crippen molar-refractivity contribution in [2.75, 3.05) is 0 Å². The fourth-order valence-corrected chi connectivity index (χ4v) is 0.571. The number of nitrogens with zero attached hydrogens (tertiary/aromatic N) is 1. The van der Waals surface area contributed by atoms with E-state index in [0.717, 1.165) is 0 Å². The smallest absolute Gasteiger partial charge is 0.192 e. The SMILES string of the molecule is C=c1oc(C)n/c1=C\F. The molecule has 1 heterocycles. The molecule has 0 unspecified atom stereocenters. The third-order valence-electron chi connectivity index (χ3n) is 0.938. The third kappa shape index (κ3) is 0.988. The Bertz CT molecular complexity index is 301. The zero-order chi connectivity index (χ0) is 6.85. The molecule has 0 spiro atoms. The van der Waals surface area contributed by atoms with Gasteiger partial charge in [-0.15, -0.1) is 0 Å². The quantitative estimate of drug-likeness (QED) is 0.494. The van der Waals surface area contributed by atoms with E-state index in [4.69, 9.17) is 4.42 Å². The topological polar surface area (TPSA) is 26.0 Å². The molecule has 1 rings (SSSR count). The Morgan fingerprint density at radius 2 is 2.44 bits per heavy atom. The lowest BCUT2D eigenvalue weighted by molar-refractivity contribution is 0.493. The van der Waals surface area contributed by atoms with Crippen molar-refractivity contribution in [2.24, 2.45) is 0 Å². The molecule has 9 heavy (non-hydrogen) atoms. The Balaban J connectivity index is 3.52. The average Bonchev–Trinajstić information content (AvgIpc) is 2.10. The van der Waals surface area contributed by atoms with Crippen LogP contribution in [0.4, 0.5) is 4.39 Å². The van der Waals surface area contributed by atoms with Crippen LogP contribution in [0.25, 0.3) is 12.9 Å². The van der Waals surface area contributed by atoms with Crippen molar-refractivity contribution in [3.8, 4) is 0 Å². The summed E-state index contributed by atoms with van der Waals surface area (Å²) in [6.45, 7) is 5.05. The number of hydrogen-bond donors (Lipinski definition) is 0. The summed E-state index contributed by atoms with van der Waals surface area (Å²) in [7, 11) is 0. The first kappa shape index (κ1) is 6.01. The van der Waals surface area contributed by atoms with Crippen molar-refractivity contribution in [1.82, 2.24) is 4.98 Å². The molecule has 0 radical (unpaired) electrons. The van der Waals surface area contributed by atoms with Gasteiger partial charge in [0.05, 0.1) is 0 Å². The highest BCUT2D eigenvalue weighted by molar-refractivity contribution is 5.08. The summed E-state index contributed by atoms with van der Waals surface area (Å²) in [5.74, 6) is 0.434. The summed E-state index contributed by atoms with van der Waals surface area (Å²) < 4.78 is 16.5. The van der Waals surface area contributed by atoms with Crippen molar-refractivity contribution in [1.29, 1.82) is 0 Å². The molecular weight excluding hydrogens is 121 g/mol. The minimum Gasteiger partial charge on any atom is -0.442 e. The van der Waals surface area contributed by atoms with Gasteiger partial charge in [-0.25, -0.2) is 9.37 Å². The van der Waals surface area contributed by atoms with E-state index in [-0.39, 0.29) is 10.8 Å². The molecule has 0 saturated heterocycles. The molecule has 1 aromatic rings. The van der Waals surface area contributed by atoms with Gasteiger partial charge in [0.2, 0.25) is 0 Å². The van der Waals surface area contributed by atoms with Crippen molar-refractivity contribution in [3.05, 3.63) is 16.7 Å². The molecule has 48 valence electrons.